The molecule has 8 nitrogen and oxygen atoms in total. The van der Waals surface area contributed by atoms with Crippen molar-refractivity contribution in [3.05, 3.63) is 73.1 Å². The first kappa shape index (κ1) is 26.8. The minimum Gasteiger partial charge on any atom is -0.492 e. The highest BCUT2D eigenvalue weighted by molar-refractivity contribution is 6.00. The number of benzene rings is 2. The molecule has 3 N–H and O–H groups in total. The summed E-state index contributed by atoms with van der Waals surface area (Å²) >= 11 is 0. The van der Waals surface area contributed by atoms with E-state index in [1.807, 2.05) is 67.2 Å². The molecule has 0 bridgehead atoms. The maximum absolute atomic E-state index is 13.2. The summed E-state index contributed by atoms with van der Waals surface area (Å²) in [5.74, 6) is 0.713. The number of rotatable bonds is 13. The fourth-order valence-corrected chi connectivity index (χ4v) is 4.37. The number of halogens is 1. The zero-order valence-electron chi connectivity index (χ0n) is 21.8. The number of aromatic nitrogens is 3. The summed E-state index contributed by atoms with van der Waals surface area (Å²) < 4.78 is 21.0. The highest BCUT2D eigenvalue weighted by atomic mass is 19.1. The van der Waals surface area contributed by atoms with Crippen LogP contribution in [0.2, 0.25) is 0 Å². The van der Waals surface area contributed by atoms with Gasteiger partial charge < -0.3 is 25.3 Å². The second-order valence-corrected chi connectivity index (χ2v) is 8.67. The number of hydrogen-bond donors (Lipinski definition) is 3. The molecule has 2 aromatic heterocycles. The van der Waals surface area contributed by atoms with Crippen LogP contribution in [-0.4, -0.2) is 47.3 Å². The summed E-state index contributed by atoms with van der Waals surface area (Å²) in [5.41, 5.74) is 4.80. The molecule has 0 radical (unpaired) electrons. The number of para-hydroxylation sites is 1. The lowest BCUT2D eigenvalue weighted by Gasteiger charge is -2.18. The molecule has 0 spiro atoms. The lowest BCUT2D eigenvalue weighted by molar-refractivity contribution is -0.111. The summed E-state index contributed by atoms with van der Waals surface area (Å²) in [5, 5.41) is 10.3. The average Bonchev–Trinajstić information content (AvgIpc) is 3.30. The van der Waals surface area contributed by atoms with E-state index >= 15 is 0 Å². The zero-order chi connectivity index (χ0) is 26.9. The summed E-state index contributed by atoms with van der Waals surface area (Å²) in [6.07, 6.45) is 6.49. The van der Waals surface area contributed by atoms with Crippen LogP contribution in [0.3, 0.4) is 0 Å². The third kappa shape index (κ3) is 6.18. The van der Waals surface area contributed by atoms with Gasteiger partial charge in [0.15, 0.2) is 0 Å². The molecule has 0 atom stereocenters. The molecule has 9 heteroatoms. The molecular weight excluding hydrogens is 483 g/mol. The number of nitrogens with one attached hydrogen (secondary N) is 3. The molecule has 2 aromatic carbocycles. The lowest BCUT2D eigenvalue weighted by Crippen LogP contribution is -2.13. The standard InChI is InChI=1S/C29H33FN6O2/c1-4-28(37)33-24-18-25(27(38-5-2)17-20(24)9-8-14-31-3)35-29-32-15-12-23(34-29)22-19-36(16-13-30)26-11-7-6-10-21(22)26/h4,6-7,10-12,15,17-19,31H,1,5,8-9,13-14,16H2,2-3H3,(H,33,37)(H,32,34,35). The van der Waals surface area contributed by atoms with Crippen molar-refractivity contribution >= 4 is 34.1 Å². The summed E-state index contributed by atoms with van der Waals surface area (Å²) in [7, 11) is 1.91. The Morgan fingerprint density at radius 3 is 2.82 bits per heavy atom. The molecule has 0 saturated heterocycles. The van der Waals surface area contributed by atoms with Crippen molar-refractivity contribution in [1.82, 2.24) is 19.9 Å². The van der Waals surface area contributed by atoms with Crippen molar-refractivity contribution in [3.8, 4) is 17.0 Å². The average molecular weight is 517 g/mol. The van der Waals surface area contributed by atoms with Gasteiger partial charge in [0, 0.05) is 34.5 Å². The molecular formula is C29H33FN6O2. The Hall–Kier alpha value is -4.24. The molecule has 38 heavy (non-hydrogen) atoms. The van der Waals surface area contributed by atoms with Gasteiger partial charge in [0.05, 0.1) is 24.5 Å². The van der Waals surface area contributed by atoms with E-state index in [-0.39, 0.29) is 12.5 Å². The Bertz CT molecular complexity index is 1420. The number of alkyl halides is 1. The Kier molecular flexibility index (Phi) is 9.05. The normalized spacial score (nSPS) is 10.9. The quantitative estimate of drug-likeness (QED) is 0.161. The van der Waals surface area contributed by atoms with Gasteiger partial charge in [-0.1, -0.05) is 24.8 Å². The van der Waals surface area contributed by atoms with Gasteiger partial charge in [-0.05, 0) is 69.3 Å². The van der Waals surface area contributed by atoms with E-state index in [4.69, 9.17) is 9.72 Å². The SMILES string of the molecule is C=CC(=O)Nc1cc(Nc2nccc(-c3cn(CCF)c4ccccc34)n2)c(OCC)cc1CCCNC. The first-order valence-corrected chi connectivity index (χ1v) is 12.7. The predicted molar refractivity (Wildman–Crippen MR) is 151 cm³/mol. The molecule has 4 aromatic rings. The summed E-state index contributed by atoms with van der Waals surface area (Å²) in [6, 6.07) is 13.5. The molecule has 0 fully saturated rings. The molecule has 4 rings (SSSR count). The maximum atomic E-state index is 13.2. The van der Waals surface area contributed by atoms with E-state index in [1.54, 1.807) is 6.20 Å². The Morgan fingerprint density at radius 1 is 1.21 bits per heavy atom. The minimum absolute atomic E-state index is 0.272. The Morgan fingerprint density at radius 2 is 2.05 bits per heavy atom. The van der Waals surface area contributed by atoms with Gasteiger partial charge in [-0.25, -0.2) is 14.4 Å². The van der Waals surface area contributed by atoms with E-state index in [1.165, 1.54) is 6.08 Å². The molecule has 198 valence electrons. The van der Waals surface area contributed by atoms with Gasteiger partial charge in [0.25, 0.3) is 0 Å². The largest absolute Gasteiger partial charge is 0.492 e. The highest BCUT2D eigenvalue weighted by Gasteiger charge is 2.16. The van der Waals surface area contributed by atoms with Crippen LogP contribution in [0, 0.1) is 0 Å². The second kappa shape index (κ2) is 12.8. The number of anilines is 3. The van der Waals surface area contributed by atoms with Crippen molar-refractivity contribution in [2.45, 2.75) is 26.3 Å². The fourth-order valence-electron chi connectivity index (χ4n) is 4.37. The number of fused-ring (bicyclic) bond motifs is 1. The van der Waals surface area contributed by atoms with Gasteiger partial charge >= 0.3 is 0 Å². The van der Waals surface area contributed by atoms with E-state index < -0.39 is 6.67 Å². The molecule has 1 amide bonds. The van der Waals surface area contributed by atoms with Crippen LogP contribution < -0.4 is 20.7 Å². The van der Waals surface area contributed by atoms with E-state index in [0.29, 0.717) is 35.4 Å². The molecule has 0 unspecified atom stereocenters. The molecule has 0 aliphatic rings. The van der Waals surface area contributed by atoms with Crippen molar-refractivity contribution in [1.29, 1.82) is 0 Å². The molecule has 0 saturated carbocycles. The van der Waals surface area contributed by atoms with Gasteiger partial charge in [-0.2, -0.15) is 0 Å². The third-order valence-corrected chi connectivity index (χ3v) is 6.11. The van der Waals surface area contributed by atoms with Gasteiger partial charge in [0.1, 0.15) is 12.4 Å². The smallest absolute Gasteiger partial charge is 0.247 e. The molecule has 0 aliphatic heterocycles. The van der Waals surface area contributed by atoms with Crippen LogP contribution in [0.25, 0.3) is 22.2 Å². The lowest BCUT2D eigenvalue weighted by atomic mass is 10.1. The van der Waals surface area contributed by atoms with Gasteiger partial charge in [-0.3, -0.25) is 4.79 Å². The van der Waals surface area contributed by atoms with Crippen LogP contribution in [0.15, 0.2) is 67.5 Å². The van der Waals surface area contributed by atoms with E-state index in [9.17, 15) is 9.18 Å². The number of nitrogens with zero attached hydrogens (tertiary/aromatic N) is 3. The number of ether oxygens (including phenoxy) is 1. The van der Waals surface area contributed by atoms with Gasteiger partial charge in [-0.15, -0.1) is 0 Å². The highest BCUT2D eigenvalue weighted by Crippen LogP contribution is 2.35. The van der Waals surface area contributed by atoms with Crippen LogP contribution >= 0.6 is 0 Å². The van der Waals surface area contributed by atoms with Crippen LogP contribution in [0.1, 0.15) is 18.9 Å². The van der Waals surface area contributed by atoms with Crippen molar-refractivity contribution < 1.29 is 13.9 Å². The third-order valence-electron chi connectivity index (χ3n) is 6.11. The number of amides is 1. The maximum Gasteiger partial charge on any atom is 0.247 e. The van der Waals surface area contributed by atoms with Crippen LogP contribution in [0.5, 0.6) is 5.75 Å². The monoisotopic (exact) mass is 516 g/mol. The van der Waals surface area contributed by atoms with Crippen molar-refractivity contribution in [3.63, 3.8) is 0 Å². The van der Waals surface area contributed by atoms with Crippen molar-refractivity contribution in [2.75, 3.05) is 37.5 Å². The number of hydrogen-bond acceptors (Lipinski definition) is 6. The first-order chi connectivity index (χ1) is 18.6. The van der Waals surface area contributed by atoms with E-state index in [2.05, 4.69) is 27.5 Å². The second-order valence-electron chi connectivity index (χ2n) is 8.67. The minimum atomic E-state index is -0.454. The number of carbonyl (C=O) groups is 1. The Labute approximate surface area is 222 Å². The van der Waals surface area contributed by atoms with Crippen molar-refractivity contribution in [2.24, 2.45) is 0 Å². The van der Waals surface area contributed by atoms with Gasteiger partial charge in [0.2, 0.25) is 11.9 Å². The summed E-state index contributed by atoms with van der Waals surface area (Å²) in [4.78, 5) is 21.3. The fraction of sp³-hybridized carbons (Fsp3) is 0.276. The Balaban J connectivity index is 1.71. The predicted octanol–water partition coefficient (Wildman–Crippen LogP) is 5.49. The molecule has 0 aliphatic carbocycles. The van der Waals surface area contributed by atoms with Crippen LogP contribution in [-0.2, 0) is 17.8 Å². The molecule has 2 heterocycles. The number of aryl methyl sites for hydroxylation is 2. The zero-order valence-corrected chi connectivity index (χ0v) is 21.8. The summed E-state index contributed by atoms with van der Waals surface area (Å²) in [6.45, 7) is 6.62. The number of carbonyl (C=O) groups excluding carboxylic acids is 1. The first-order valence-electron chi connectivity index (χ1n) is 12.7. The van der Waals surface area contributed by atoms with E-state index in [0.717, 1.165) is 41.4 Å². The van der Waals surface area contributed by atoms with Crippen LogP contribution in [0.4, 0.5) is 21.7 Å². The topological polar surface area (TPSA) is 93.1 Å².